The van der Waals surface area contributed by atoms with Crippen LogP contribution in [0.4, 0.5) is 0 Å². The molecule has 1 rings (SSSR count). The van der Waals surface area contributed by atoms with Crippen LogP contribution < -0.4 is 0 Å². The Morgan fingerprint density at radius 2 is 2.12 bits per heavy atom. The van der Waals surface area contributed by atoms with E-state index in [1.54, 1.807) is 19.0 Å². The Morgan fingerprint density at radius 1 is 1.41 bits per heavy atom. The smallest absolute Gasteiger partial charge is 0.310 e. The highest BCUT2D eigenvalue weighted by atomic mass is 16.5. The fraction of sp³-hybridized carbons (Fsp3) is 0.833. The molecule has 0 saturated carbocycles. The number of amides is 1. The van der Waals surface area contributed by atoms with Crippen LogP contribution in [0.2, 0.25) is 0 Å². The lowest BCUT2D eigenvalue weighted by Gasteiger charge is -2.31. The fourth-order valence-corrected chi connectivity index (χ4v) is 1.98. The van der Waals surface area contributed by atoms with Crippen LogP contribution in [0, 0.1) is 5.92 Å². The lowest BCUT2D eigenvalue weighted by atomic mass is 9.98. The largest absolute Gasteiger partial charge is 0.466 e. The summed E-state index contributed by atoms with van der Waals surface area (Å²) < 4.78 is 5.02. The van der Waals surface area contributed by atoms with E-state index >= 15 is 0 Å². The lowest BCUT2D eigenvalue weighted by Crippen LogP contribution is -2.44. The summed E-state index contributed by atoms with van der Waals surface area (Å²) in [6.45, 7) is 4.15. The van der Waals surface area contributed by atoms with Gasteiger partial charge in [-0.2, -0.15) is 0 Å². The molecule has 1 aliphatic rings. The SMILES string of the molecule is CCOC(=O)C1CCCN(CC(=O)N(C)C)C1. The minimum Gasteiger partial charge on any atom is -0.466 e. The molecule has 1 fully saturated rings. The average molecular weight is 242 g/mol. The molecule has 1 unspecified atom stereocenters. The van der Waals surface area contributed by atoms with Crippen molar-refractivity contribution in [3.63, 3.8) is 0 Å². The highest BCUT2D eigenvalue weighted by Gasteiger charge is 2.27. The van der Waals surface area contributed by atoms with E-state index in [1.807, 2.05) is 11.8 Å². The molecule has 1 heterocycles. The van der Waals surface area contributed by atoms with E-state index in [0.29, 0.717) is 19.7 Å². The second-order valence-corrected chi connectivity index (χ2v) is 4.61. The van der Waals surface area contributed by atoms with Gasteiger partial charge in [0, 0.05) is 20.6 Å². The maximum absolute atomic E-state index is 11.6. The second-order valence-electron chi connectivity index (χ2n) is 4.61. The first-order chi connectivity index (χ1) is 8.04. The zero-order valence-electron chi connectivity index (χ0n) is 10.9. The molecule has 1 atom stereocenters. The van der Waals surface area contributed by atoms with Crippen LogP contribution in [0.15, 0.2) is 0 Å². The monoisotopic (exact) mass is 242 g/mol. The topological polar surface area (TPSA) is 49.9 Å². The number of nitrogens with zero attached hydrogens (tertiary/aromatic N) is 2. The van der Waals surface area contributed by atoms with Crippen LogP contribution in [0.5, 0.6) is 0 Å². The molecule has 0 bridgehead atoms. The molecule has 98 valence electrons. The average Bonchev–Trinajstić information content (AvgIpc) is 2.29. The third kappa shape index (κ3) is 4.34. The molecule has 0 aromatic carbocycles. The van der Waals surface area contributed by atoms with Crippen molar-refractivity contribution in [1.82, 2.24) is 9.80 Å². The van der Waals surface area contributed by atoms with E-state index in [9.17, 15) is 9.59 Å². The van der Waals surface area contributed by atoms with Gasteiger partial charge in [0.2, 0.25) is 5.91 Å². The molecule has 0 radical (unpaired) electrons. The maximum atomic E-state index is 11.6. The molecular weight excluding hydrogens is 220 g/mol. The van der Waals surface area contributed by atoms with Gasteiger partial charge in [0.15, 0.2) is 0 Å². The molecule has 1 saturated heterocycles. The van der Waals surface area contributed by atoms with Crippen LogP contribution in [-0.2, 0) is 14.3 Å². The fourth-order valence-electron chi connectivity index (χ4n) is 1.98. The summed E-state index contributed by atoms with van der Waals surface area (Å²) in [5.74, 6) is -0.123. The number of piperidine rings is 1. The molecule has 1 amide bonds. The van der Waals surface area contributed by atoms with Gasteiger partial charge < -0.3 is 9.64 Å². The third-order valence-corrected chi connectivity index (χ3v) is 2.98. The Balaban J connectivity index is 2.43. The molecule has 0 N–H and O–H groups in total. The van der Waals surface area contributed by atoms with Crippen molar-refractivity contribution in [2.45, 2.75) is 19.8 Å². The minimum absolute atomic E-state index is 0.0707. The number of likely N-dealkylation sites (tertiary alicyclic amines) is 1. The highest BCUT2D eigenvalue weighted by Crippen LogP contribution is 2.17. The quantitative estimate of drug-likeness (QED) is 0.667. The number of hydrogen-bond acceptors (Lipinski definition) is 4. The van der Waals surface area contributed by atoms with Crippen LogP contribution in [0.25, 0.3) is 0 Å². The zero-order chi connectivity index (χ0) is 12.8. The van der Waals surface area contributed by atoms with E-state index in [2.05, 4.69) is 0 Å². The van der Waals surface area contributed by atoms with E-state index in [-0.39, 0.29) is 17.8 Å². The van der Waals surface area contributed by atoms with Crippen molar-refractivity contribution in [2.75, 3.05) is 40.3 Å². The molecule has 17 heavy (non-hydrogen) atoms. The van der Waals surface area contributed by atoms with Crippen LogP contribution >= 0.6 is 0 Å². The molecule has 0 aliphatic carbocycles. The summed E-state index contributed by atoms with van der Waals surface area (Å²) in [5, 5.41) is 0. The molecule has 0 spiro atoms. The summed E-state index contributed by atoms with van der Waals surface area (Å²) in [7, 11) is 3.49. The number of hydrogen-bond donors (Lipinski definition) is 0. The minimum atomic E-state index is -0.130. The van der Waals surface area contributed by atoms with Crippen LogP contribution in [0.1, 0.15) is 19.8 Å². The van der Waals surface area contributed by atoms with Gasteiger partial charge in [0.05, 0.1) is 19.1 Å². The van der Waals surface area contributed by atoms with Gasteiger partial charge in [-0.05, 0) is 26.3 Å². The van der Waals surface area contributed by atoms with E-state index < -0.39 is 0 Å². The summed E-state index contributed by atoms with van der Waals surface area (Å²) in [6, 6.07) is 0. The summed E-state index contributed by atoms with van der Waals surface area (Å²) in [5.41, 5.74) is 0. The van der Waals surface area contributed by atoms with Crippen LogP contribution in [-0.4, -0.2) is 62.0 Å². The van der Waals surface area contributed by atoms with Crippen LogP contribution in [0.3, 0.4) is 0 Å². The summed E-state index contributed by atoms with van der Waals surface area (Å²) in [6.07, 6.45) is 1.82. The van der Waals surface area contributed by atoms with E-state index in [0.717, 1.165) is 19.4 Å². The van der Waals surface area contributed by atoms with Crippen molar-refractivity contribution < 1.29 is 14.3 Å². The first kappa shape index (κ1) is 14.0. The van der Waals surface area contributed by atoms with Gasteiger partial charge in [-0.3, -0.25) is 14.5 Å². The standard InChI is InChI=1S/C12H22N2O3/c1-4-17-12(16)10-6-5-7-14(8-10)9-11(15)13(2)3/h10H,4-9H2,1-3H3. The zero-order valence-corrected chi connectivity index (χ0v) is 10.9. The Labute approximate surface area is 103 Å². The second kappa shape index (κ2) is 6.59. The van der Waals surface area contributed by atoms with E-state index in [1.165, 1.54) is 0 Å². The molecule has 1 aliphatic heterocycles. The van der Waals surface area contributed by atoms with Gasteiger partial charge in [-0.15, -0.1) is 0 Å². The predicted octanol–water partition coefficient (Wildman–Crippen LogP) is 0.350. The Morgan fingerprint density at radius 3 is 2.71 bits per heavy atom. The molecular formula is C12H22N2O3. The number of carbonyl (C=O) groups excluding carboxylic acids is 2. The number of carbonyl (C=O) groups is 2. The maximum Gasteiger partial charge on any atom is 0.310 e. The van der Waals surface area contributed by atoms with Crippen molar-refractivity contribution in [1.29, 1.82) is 0 Å². The van der Waals surface area contributed by atoms with Gasteiger partial charge in [-0.1, -0.05) is 0 Å². The predicted molar refractivity (Wildman–Crippen MR) is 64.5 cm³/mol. The number of rotatable bonds is 4. The van der Waals surface area contributed by atoms with Gasteiger partial charge >= 0.3 is 5.97 Å². The van der Waals surface area contributed by atoms with Crippen molar-refractivity contribution >= 4 is 11.9 Å². The first-order valence-corrected chi connectivity index (χ1v) is 6.13. The van der Waals surface area contributed by atoms with Crippen molar-refractivity contribution in [3.8, 4) is 0 Å². The summed E-state index contributed by atoms with van der Waals surface area (Å²) in [4.78, 5) is 26.8. The molecule has 0 aromatic rings. The van der Waals surface area contributed by atoms with E-state index in [4.69, 9.17) is 4.74 Å². The van der Waals surface area contributed by atoms with Gasteiger partial charge in [-0.25, -0.2) is 0 Å². The highest BCUT2D eigenvalue weighted by molar-refractivity contribution is 5.78. The lowest BCUT2D eigenvalue weighted by molar-refractivity contribution is -0.150. The third-order valence-electron chi connectivity index (χ3n) is 2.98. The number of likely N-dealkylation sites (N-methyl/N-ethyl adjacent to an activating group) is 1. The van der Waals surface area contributed by atoms with Gasteiger partial charge in [0.25, 0.3) is 0 Å². The first-order valence-electron chi connectivity index (χ1n) is 6.13. The Bertz CT molecular complexity index is 279. The van der Waals surface area contributed by atoms with Gasteiger partial charge in [0.1, 0.15) is 0 Å². The molecule has 5 nitrogen and oxygen atoms in total. The number of ether oxygens (including phenoxy) is 1. The van der Waals surface area contributed by atoms with Crippen molar-refractivity contribution in [2.24, 2.45) is 5.92 Å². The Kier molecular flexibility index (Phi) is 5.41. The normalized spacial score (nSPS) is 21.0. The molecule has 0 aromatic heterocycles. The summed E-state index contributed by atoms with van der Waals surface area (Å²) >= 11 is 0. The van der Waals surface area contributed by atoms with Crippen molar-refractivity contribution in [3.05, 3.63) is 0 Å². The molecule has 5 heteroatoms. The Hall–Kier alpha value is -1.10. The number of esters is 1.